The third-order valence-corrected chi connectivity index (χ3v) is 7.70. The first kappa shape index (κ1) is 29.2. The van der Waals surface area contributed by atoms with E-state index in [1.807, 2.05) is 24.3 Å². The highest BCUT2D eigenvalue weighted by molar-refractivity contribution is 5.94. The van der Waals surface area contributed by atoms with Crippen LogP contribution in [0.4, 0.5) is 0 Å². The molecule has 0 spiro atoms. The topological polar surface area (TPSA) is 165 Å². The Morgan fingerprint density at radius 2 is 1.64 bits per heavy atom. The molecule has 2 heterocycles. The molecule has 1 aliphatic heterocycles. The van der Waals surface area contributed by atoms with E-state index in [0.717, 1.165) is 23.4 Å². The summed E-state index contributed by atoms with van der Waals surface area (Å²) in [5, 5.41) is 41.1. The highest BCUT2D eigenvalue weighted by Gasteiger charge is 2.36. The minimum Gasteiger partial charge on any atom is -0.507 e. The summed E-state index contributed by atoms with van der Waals surface area (Å²) in [6.07, 6.45) is 0.382. The number of phenols is 3. The van der Waals surface area contributed by atoms with Crippen LogP contribution in [-0.2, 0) is 11.2 Å². The molecule has 1 atom stereocenters. The number of methoxy groups -OCH3 is 2. The van der Waals surface area contributed by atoms with Crippen molar-refractivity contribution in [1.29, 1.82) is 0 Å². The fourth-order valence-electron chi connectivity index (χ4n) is 5.49. The van der Waals surface area contributed by atoms with Gasteiger partial charge in [0.05, 0.1) is 27.2 Å². The van der Waals surface area contributed by atoms with Gasteiger partial charge in [0.1, 0.15) is 28.2 Å². The van der Waals surface area contributed by atoms with Crippen molar-refractivity contribution in [3.63, 3.8) is 0 Å². The summed E-state index contributed by atoms with van der Waals surface area (Å²) < 4.78 is 28.7. The van der Waals surface area contributed by atoms with Crippen LogP contribution in [0, 0.1) is 0 Å². The molecule has 230 valence electrons. The molecule has 1 aromatic heterocycles. The van der Waals surface area contributed by atoms with Crippen LogP contribution in [0.3, 0.4) is 0 Å². The zero-order valence-corrected chi connectivity index (χ0v) is 24.2. The molecule has 0 unspecified atom stereocenters. The zero-order chi connectivity index (χ0) is 31.8. The van der Waals surface area contributed by atoms with E-state index in [4.69, 9.17) is 23.4 Å². The summed E-state index contributed by atoms with van der Waals surface area (Å²) in [6.45, 7) is 0.261. The van der Waals surface area contributed by atoms with Crippen molar-refractivity contribution >= 4 is 16.9 Å². The van der Waals surface area contributed by atoms with Gasteiger partial charge in [0.2, 0.25) is 11.2 Å². The Labute approximate surface area is 256 Å². The van der Waals surface area contributed by atoms with Crippen molar-refractivity contribution in [2.45, 2.75) is 18.8 Å². The molecule has 1 aliphatic rings. The Morgan fingerprint density at radius 1 is 0.867 bits per heavy atom. The van der Waals surface area contributed by atoms with E-state index < -0.39 is 40.3 Å². The third-order valence-electron chi connectivity index (χ3n) is 7.70. The fourth-order valence-corrected chi connectivity index (χ4v) is 5.49. The molecule has 11 nitrogen and oxygen atoms in total. The molecule has 0 saturated carbocycles. The predicted octanol–water partition coefficient (Wildman–Crippen LogP) is 5.36. The number of hydrogen-bond donors (Lipinski definition) is 4. The van der Waals surface area contributed by atoms with Crippen LogP contribution < -0.4 is 24.4 Å². The lowest BCUT2D eigenvalue weighted by molar-refractivity contribution is -0.135. The average Bonchev–Trinajstić information content (AvgIpc) is 3.03. The van der Waals surface area contributed by atoms with Gasteiger partial charge in [0.25, 0.3) is 0 Å². The van der Waals surface area contributed by atoms with E-state index in [9.17, 15) is 30.0 Å². The first-order chi connectivity index (χ1) is 21.7. The van der Waals surface area contributed by atoms with Crippen molar-refractivity contribution in [3.05, 3.63) is 93.6 Å². The number of ether oxygens (including phenoxy) is 4. The summed E-state index contributed by atoms with van der Waals surface area (Å²) in [6, 6.07) is 17.5. The maximum absolute atomic E-state index is 13.4. The first-order valence-electron chi connectivity index (χ1n) is 13.9. The lowest BCUT2D eigenvalue weighted by Gasteiger charge is -2.28. The Balaban J connectivity index is 1.50. The standard InChI is InChI=1S/C34H28O11/c1-41-19-9-6-17(7-10-19)12-13-43-33-20(4-3-5-25(33)42-2)21-15-27(38)44-26-16-24(37)29-30(39)31(40)32(45-34(29)28(21)26)18-8-11-22(35)23(36)14-18/h3-11,14,16,21,35-37,40H,12-13,15H2,1-2H3/t21-/m1/s1. The number of rotatable bonds is 8. The van der Waals surface area contributed by atoms with Crippen molar-refractivity contribution < 1.29 is 48.6 Å². The second kappa shape index (κ2) is 11.7. The molecule has 11 heteroatoms. The van der Waals surface area contributed by atoms with E-state index >= 15 is 0 Å². The van der Waals surface area contributed by atoms with Gasteiger partial charge in [-0.3, -0.25) is 9.59 Å². The quantitative estimate of drug-likeness (QED) is 0.101. The van der Waals surface area contributed by atoms with Crippen LogP contribution in [0.15, 0.2) is 75.9 Å². The first-order valence-corrected chi connectivity index (χ1v) is 13.9. The largest absolute Gasteiger partial charge is 0.507 e. The van der Waals surface area contributed by atoms with E-state index in [2.05, 4.69) is 0 Å². The summed E-state index contributed by atoms with van der Waals surface area (Å²) in [5.74, 6) is -2.55. The van der Waals surface area contributed by atoms with Crippen molar-refractivity contribution in [2.75, 3.05) is 20.8 Å². The van der Waals surface area contributed by atoms with Crippen molar-refractivity contribution in [1.82, 2.24) is 0 Å². The lowest BCUT2D eigenvalue weighted by atomic mass is 9.84. The maximum Gasteiger partial charge on any atom is 0.312 e. The van der Waals surface area contributed by atoms with E-state index in [1.165, 1.54) is 19.2 Å². The number of carbonyl (C=O) groups is 1. The summed E-state index contributed by atoms with van der Waals surface area (Å²) in [7, 11) is 3.09. The minimum absolute atomic E-state index is 0.0402. The number of aromatic hydroxyl groups is 4. The molecule has 0 amide bonds. The zero-order valence-electron chi connectivity index (χ0n) is 24.2. The fraction of sp³-hybridized carbons (Fsp3) is 0.176. The van der Waals surface area contributed by atoms with Gasteiger partial charge in [-0.2, -0.15) is 0 Å². The molecule has 6 rings (SSSR count). The molecule has 0 radical (unpaired) electrons. The Kier molecular flexibility index (Phi) is 7.59. The lowest BCUT2D eigenvalue weighted by Crippen LogP contribution is -2.22. The van der Waals surface area contributed by atoms with Crippen LogP contribution in [0.25, 0.3) is 22.3 Å². The highest BCUT2D eigenvalue weighted by Crippen LogP contribution is 2.50. The molecular formula is C34H28O11. The second-order valence-electron chi connectivity index (χ2n) is 10.4. The van der Waals surface area contributed by atoms with Crippen LogP contribution in [0.1, 0.15) is 29.0 Å². The molecule has 0 aliphatic carbocycles. The van der Waals surface area contributed by atoms with Crippen molar-refractivity contribution in [2.24, 2.45) is 0 Å². The molecule has 0 fully saturated rings. The number of benzene rings is 4. The number of phenolic OH excluding ortho intramolecular Hbond substituents is 3. The number of para-hydroxylation sites is 1. The molecule has 4 N–H and O–H groups in total. The van der Waals surface area contributed by atoms with Gasteiger partial charge in [-0.05, 0) is 42.0 Å². The Hall–Kier alpha value is -5.84. The third kappa shape index (κ3) is 5.29. The van der Waals surface area contributed by atoms with E-state index in [0.29, 0.717) is 23.5 Å². The van der Waals surface area contributed by atoms with Gasteiger partial charge >= 0.3 is 5.97 Å². The Morgan fingerprint density at radius 3 is 2.36 bits per heavy atom. The van der Waals surface area contributed by atoms with Gasteiger partial charge in [0.15, 0.2) is 28.8 Å². The maximum atomic E-state index is 13.4. The van der Waals surface area contributed by atoms with Crippen LogP contribution in [0.2, 0.25) is 0 Å². The molecule has 4 aromatic carbocycles. The van der Waals surface area contributed by atoms with E-state index in [1.54, 1.807) is 25.3 Å². The summed E-state index contributed by atoms with van der Waals surface area (Å²) in [5.41, 5.74) is 0.795. The normalized spacial score (nSPS) is 14.1. The second-order valence-corrected chi connectivity index (χ2v) is 10.4. The average molecular weight is 613 g/mol. The number of hydrogen-bond acceptors (Lipinski definition) is 11. The number of fused-ring (bicyclic) bond motifs is 3. The SMILES string of the molecule is COc1ccc(CCOc2c(OC)cccc2[C@H]2CC(=O)Oc3cc(O)c4c(=O)c(O)c(-c5ccc(O)c(O)c5)oc4c32)cc1. The molecule has 0 bridgehead atoms. The molecule has 5 aromatic rings. The minimum atomic E-state index is -0.948. The van der Waals surface area contributed by atoms with Gasteiger partial charge in [-0.1, -0.05) is 24.3 Å². The summed E-state index contributed by atoms with van der Waals surface area (Å²) >= 11 is 0. The summed E-state index contributed by atoms with van der Waals surface area (Å²) in [4.78, 5) is 26.3. The van der Waals surface area contributed by atoms with Gasteiger partial charge in [-0.15, -0.1) is 0 Å². The molecule has 0 saturated heterocycles. The molecular weight excluding hydrogens is 584 g/mol. The molecule has 45 heavy (non-hydrogen) atoms. The smallest absolute Gasteiger partial charge is 0.312 e. The van der Waals surface area contributed by atoms with Crippen LogP contribution in [0.5, 0.6) is 46.0 Å². The van der Waals surface area contributed by atoms with Crippen LogP contribution in [-0.4, -0.2) is 47.2 Å². The highest BCUT2D eigenvalue weighted by atomic mass is 16.5. The number of esters is 1. The van der Waals surface area contributed by atoms with Gasteiger partial charge in [-0.25, -0.2) is 0 Å². The monoisotopic (exact) mass is 612 g/mol. The van der Waals surface area contributed by atoms with Gasteiger partial charge in [0, 0.05) is 35.1 Å². The van der Waals surface area contributed by atoms with E-state index in [-0.39, 0.29) is 46.6 Å². The predicted molar refractivity (Wildman–Crippen MR) is 162 cm³/mol. The number of carbonyl (C=O) groups excluding carboxylic acids is 1. The van der Waals surface area contributed by atoms with Crippen molar-refractivity contribution in [3.8, 4) is 57.3 Å². The van der Waals surface area contributed by atoms with Gasteiger partial charge < -0.3 is 43.8 Å². The van der Waals surface area contributed by atoms with Crippen LogP contribution >= 0.6 is 0 Å². The Bertz CT molecular complexity index is 1990.